The average molecular weight is 399 g/mol. The first kappa shape index (κ1) is 18.4. The van der Waals surface area contributed by atoms with Crippen molar-refractivity contribution in [1.82, 2.24) is 4.90 Å². The molecular formula is C21H22N2O2S2. The van der Waals surface area contributed by atoms with Gasteiger partial charge in [0.15, 0.2) is 0 Å². The third kappa shape index (κ3) is 4.50. The number of likely N-dealkylation sites (tertiary alicyclic amines) is 1. The van der Waals surface area contributed by atoms with E-state index in [1.165, 1.54) is 17.1 Å². The van der Waals surface area contributed by atoms with Gasteiger partial charge in [-0.05, 0) is 41.8 Å². The van der Waals surface area contributed by atoms with E-state index in [0.717, 1.165) is 24.2 Å². The maximum Gasteiger partial charge on any atom is 0.255 e. The molecule has 0 atom stereocenters. The molecule has 140 valence electrons. The SMILES string of the molecule is O=C(Nc1cccc(C2SCCS2)c1)c1cccc(CN2CCCC2=O)c1. The molecule has 2 aromatic rings. The first-order valence-electron chi connectivity index (χ1n) is 9.20. The number of benzene rings is 2. The summed E-state index contributed by atoms with van der Waals surface area (Å²) < 4.78 is 0.461. The lowest BCUT2D eigenvalue weighted by atomic mass is 10.1. The zero-order valence-electron chi connectivity index (χ0n) is 15.0. The smallest absolute Gasteiger partial charge is 0.255 e. The fourth-order valence-corrected chi connectivity index (χ4v) is 6.26. The number of rotatable bonds is 5. The summed E-state index contributed by atoms with van der Waals surface area (Å²) in [5.74, 6) is 2.44. The minimum Gasteiger partial charge on any atom is -0.338 e. The molecule has 0 saturated carbocycles. The zero-order chi connectivity index (χ0) is 18.6. The van der Waals surface area contributed by atoms with Crippen LogP contribution >= 0.6 is 23.5 Å². The summed E-state index contributed by atoms with van der Waals surface area (Å²) in [6.07, 6.45) is 1.56. The lowest BCUT2D eigenvalue weighted by Crippen LogP contribution is -2.24. The van der Waals surface area contributed by atoms with Crippen LogP contribution in [0.3, 0.4) is 0 Å². The number of hydrogen-bond donors (Lipinski definition) is 1. The molecule has 0 aliphatic carbocycles. The zero-order valence-corrected chi connectivity index (χ0v) is 16.7. The highest BCUT2D eigenvalue weighted by Crippen LogP contribution is 2.45. The van der Waals surface area contributed by atoms with Crippen LogP contribution in [-0.4, -0.2) is 34.8 Å². The van der Waals surface area contributed by atoms with E-state index in [-0.39, 0.29) is 11.8 Å². The van der Waals surface area contributed by atoms with E-state index in [4.69, 9.17) is 0 Å². The number of nitrogens with zero attached hydrogens (tertiary/aromatic N) is 1. The van der Waals surface area contributed by atoms with E-state index in [0.29, 0.717) is 23.1 Å². The number of thioether (sulfide) groups is 2. The summed E-state index contributed by atoms with van der Waals surface area (Å²) in [6, 6.07) is 15.7. The maximum atomic E-state index is 12.7. The topological polar surface area (TPSA) is 49.4 Å². The Balaban J connectivity index is 1.44. The third-order valence-corrected chi connectivity index (χ3v) is 7.88. The third-order valence-electron chi connectivity index (χ3n) is 4.77. The van der Waals surface area contributed by atoms with Gasteiger partial charge >= 0.3 is 0 Å². The van der Waals surface area contributed by atoms with Crippen LogP contribution in [0.2, 0.25) is 0 Å². The van der Waals surface area contributed by atoms with Gasteiger partial charge in [0.1, 0.15) is 0 Å². The van der Waals surface area contributed by atoms with Crippen LogP contribution in [-0.2, 0) is 11.3 Å². The summed E-state index contributed by atoms with van der Waals surface area (Å²) >= 11 is 3.91. The minimum absolute atomic E-state index is 0.117. The van der Waals surface area contributed by atoms with Crippen LogP contribution in [0.15, 0.2) is 48.5 Å². The molecule has 27 heavy (non-hydrogen) atoms. The molecule has 2 saturated heterocycles. The first-order valence-corrected chi connectivity index (χ1v) is 11.3. The molecule has 1 N–H and O–H groups in total. The maximum absolute atomic E-state index is 12.7. The Morgan fingerprint density at radius 2 is 1.93 bits per heavy atom. The van der Waals surface area contributed by atoms with Gasteiger partial charge < -0.3 is 10.2 Å². The molecule has 2 aliphatic heterocycles. The van der Waals surface area contributed by atoms with Crippen molar-refractivity contribution >= 4 is 41.0 Å². The van der Waals surface area contributed by atoms with Crippen molar-refractivity contribution in [2.45, 2.75) is 24.0 Å². The normalized spacial score (nSPS) is 17.5. The molecule has 2 heterocycles. The van der Waals surface area contributed by atoms with Crippen molar-refractivity contribution < 1.29 is 9.59 Å². The van der Waals surface area contributed by atoms with Gasteiger partial charge in [0.2, 0.25) is 5.91 Å². The van der Waals surface area contributed by atoms with Gasteiger partial charge in [-0.3, -0.25) is 9.59 Å². The van der Waals surface area contributed by atoms with Crippen molar-refractivity contribution in [3.8, 4) is 0 Å². The van der Waals surface area contributed by atoms with Crippen molar-refractivity contribution in [2.24, 2.45) is 0 Å². The largest absolute Gasteiger partial charge is 0.338 e. The molecular weight excluding hydrogens is 376 g/mol. The van der Waals surface area contributed by atoms with Gasteiger partial charge in [-0.15, -0.1) is 23.5 Å². The van der Waals surface area contributed by atoms with E-state index in [9.17, 15) is 9.59 Å². The number of anilines is 1. The molecule has 0 radical (unpaired) electrons. The number of carbonyl (C=O) groups is 2. The molecule has 2 aromatic carbocycles. The fourth-order valence-electron chi connectivity index (χ4n) is 3.42. The standard InChI is InChI=1S/C21H22N2O2S2/c24-19-8-3-9-23(19)14-15-4-1-5-16(12-15)20(25)22-18-7-2-6-17(13-18)21-26-10-11-27-21/h1-2,4-7,12-13,21H,3,8-11,14H2,(H,22,25). The molecule has 2 aliphatic rings. The highest BCUT2D eigenvalue weighted by atomic mass is 32.2. The van der Waals surface area contributed by atoms with Crippen LogP contribution in [0.4, 0.5) is 5.69 Å². The van der Waals surface area contributed by atoms with Crippen molar-refractivity contribution in [2.75, 3.05) is 23.4 Å². The van der Waals surface area contributed by atoms with Crippen molar-refractivity contribution in [3.63, 3.8) is 0 Å². The van der Waals surface area contributed by atoms with Crippen LogP contribution < -0.4 is 5.32 Å². The molecule has 4 nitrogen and oxygen atoms in total. The Morgan fingerprint density at radius 3 is 2.70 bits per heavy atom. The van der Waals surface area contributed by atoms with Gasteiger partial charge in [-0.2, -0.15) is 0 Å². The summed E-state index contributed by atoms with van der Waals surface area (Å²) in [5.41, 5.74) is 3.69. The molecule has 2 amide bonds. The average Bonchev–Trinajstić information content (AvgIpc) is 3.35. The summed E-state index contributed by atoms with van der Waals surface area (Å²) in [7, 11) is 0. The van der Waals surface area contributed by atoms with E-state index in [1.807, 2.05) is 64.8 Å². The number of hydrogen-bond acceptors (Lipinski definition) is 4. The van der Waals surface area contributed by atoms with Gasteiger partial charge in [0.05, 0.1) is 4.58 Å². The van der Waals surface area contributed by atoms with Gasteiger partial charge in [0, 0.05) is 42.3 Å². The predicted octanol–water partition coefficient (Wildman–Crippen LogP) is 4.54. The fraction of sp³-hybridized carbons (Fsp3) is 0.333. The lowest BCUT2D eigenvalue weighted by Gasteiger charge is -2.16. The predicted molar refractivity (Wildman–Crippen MR) is 113 cm³/mol. The molecule has 2 fully saturated rings. The van der Waals surface area contributed by atoms with Crippen LogP contribution in [0.5, 0.6) is 0 Å². The molecule has 6 heteroatoms. The van der Waals surface area contributed by atoms with Crippen LogP contribution in [0.1, 0.15) is 38.9 Å². The highest BCUT2D eigenvalue weighted by Gasteiger charge is 2.21. The highest BCUT2D eigenvalue weighted by molar-refractivity contribution is 8.19. The van der Waals surface area contributed by atoms with Gasteiger partial charge in [-0.1, -0.05) is 24.3 Å². The Hall–Kier alpha value is -1.92. The van der Waals surface area contributed by atoms with Crippen molar-refractivity contribution in [3.05, 3.63) is 65.2 Å². The number of carbonyl (C=O) groups excluding carboxylic acids is 2. The summed E-state index contributed by atoms with van der Waals surface area (Å²) in [4.78, 5) is 26.4. The molecule has 0 spiro atoms. The first-order chi connectivity index (χ1) is 13.2. The Morgan fingerprint density at radius 1 is 1.11 bits per heavy atom. The van der Waals surface area contributed by atoms with Crippen molar-refractivity contribution in [1.29, 1.82) is 0 Å². The Labute approximate surface area is 168 Å². The Bertz CT molecular complexity index is 850. The number of amides is 2. The lowest BCUT2D eigenvalue weighted by molar-refractivity contribution is -0.128. The van der Waals surface area contributed by atoms with Gasteiger partial charge in [-0.25, -0.2) is 0 Å². The molecule has 0 aromatic heterocycles. The second kappa shape index (κ2) is 8.40. The van der Waals surface area contributed by atoms with E-state index in [2.05, 4.69) is 17.4 Å². The molecule has 0 unspecified atom stereocenters. The molecule has 4 rings (SSSR count). The summed E-state index contributed by atoms with van der Waals surface area (Å²) in [6.45, 7) is 1.38. The van der Waals surface area contributed by atoms with E-state index < -0.39 is 0 Å². The van der Waals surface area contributed by atoms with E-state index in [1.54, 1.807) is 0 Å². The van der Waals surface area contributed by atoms with Gasteiger partial charge in [0.25, 0.3) is 5.91 Å². The van der Waals surface area contributed by atoms with E-state index >= 15 is 0 Å². The van der Waals surface area contributed by atoms with Crippen LogP contribution in [0.25, 0.3) is 0 Å². The monoisotopic (exact) mass is 398 g/mol. The molecule has 0 bridgehead atoms. The number of nitrogens with one attached hydrogen (secondary N) is 1. The Kier molecular flexibility index (Phi) is 5.74. The summed E-state index contributed by atoms with van der Waals surface area (Å²) in [5, 5.41) is 3.01. The van der Waals surface area contributed by atoms with Crippen LogP contribution in [0, 0.1) is 0 Å². The minimum atomic E-state index is -0.117. The second-order valence-corrected chi connectivity index (χ2v) is 9.50. The second-order valence-electron chi connectivity index (χ2n) is 6.77. The quantitative estimate of drug-likeness (QED) is 0.803.